The zero-order valence-corrected chi connectivity index (χ0v) is 18.1. The summed E-state index contributed by atoms with van der Waals surface area (Å²) >= 11 is 0. The van der Waals surface area contributed by atoms with Crippen LogP contribution >= 0.6 is 0 Å². The van der Waals surface area contributed by atoms with E-state index in [-0.39, 0.29) is 24.0 Å². The third-order valence-corrected chi connectivity index (χ3v) is 8.12. The molecule has 0 aliphatic carbocycles. The molecule has 0 radical (unpaired) electrons. The van der Waals surface area contributed by atoms with Crippen molar-refractivity contribution >= 4 is 16.1 Å². The zero-order valence-electron chi connectivity index (χ0n) is 17.3. The van der Waals surface area contributed by atoms with E-state index in [1.807, 2.05) is 21.9 Å². The van der Waals surface area contributed by atoms with Crippen molar-refractivity contribution in [1.82, 2.24) is 19.1 Å². The predicted octanol–water partition coefficient (Wildman–Crippen LogP) is 2.33. The Hall–Kier alpha value is -2.65. The molecule has 2 fully saturated rings. The van der Waals surface area contributed by atoms with E-state index in [1.165, 1.54) is 4.31 Å². The number of hydrogen-bond acceptors (Lipinski definition) is 5. The normalized spacial score (nSPS) is 25.3. The lowest BCUT2D eigenvalue weighted by Gasteiger charge is -2.32. The van der Waals surface area contributed by atoms with Crippen molar-refractivity contribution in [3.05, 3.63) is 54.4 Å². The summed E-state index contributed by atoms with van der Waals surface area (Å²) in [5.41, 5.74) is -0.118. The molecular weight excluding hydrogens is 416 g/mol. The third kappa shape index (κ3) is 3.76. The highest BCUT2D eigenvalue weighted by atomic mass is 32.2. The second kappa shape index (κ2) is 7.80. The molecule has 2 aromatic rings. The molecule has 9 heteroatoms. The minimum Gasteiger partial charge on any atom is -0.483 e. The Labute approximate surface area is 182 Å². The molecule has 1 atom stereocenters. The monoisotopic (exact) mass is 442 g/mol. The van der Waals surface area contributed by atoms with Crippen LogP contribution in [-0.2, 0) is 16.6 Å². The molecule has 0 bridgehead atoms. The standard InChI is InChI=1S/C22H26N4O4S/c27-21(24-12-5-6-13-24)25-14-10-22(16-25)17-26(15-18-7-3-4-11-23-18)31(28,29)20-9-2-1-8-19(20)30-22/h1-4,7-9,11H,5-6,10,12-17H2/t22-/m1/s1. The first-order valence-electron chi connectivity index (χ1n) is 10.7. The summed E-state index contributed by atoms with van der Waals surface area (Å²) in [6.07, 6.45) is 4.30. The number of ether oxygens (including phenoxy) is 1. The summed E-state index contributed by atoms with van der Waals surface area (Å²) in [4.78, 5) is 21.1. The van der Waals surface area contributed by atoms with Crippen LogP contribution in [0.3, 0.4) is 0 Å². The number of carbonyl (C=O) groups is 1. The summed E-state index contributed by atoms with van der Waals surface area (Å²) in [6.45, 7) is 2.81. The topological polar surface area (TPSA) is 83.1 Å². The molecular formula is C22H26N4O4S. The molecule has 2 amide bonds. The van der Waals surface area contributed by atoms with Gasteiger partial charge in [0.05, 0.1) is 25.3 Å². The molecule has 2 saturated heterocycles. The molecule has 3 aliphatic rings. The van der Waals surface area contributed by atoms with Gasteiger partial charge in [0.15, 0.2) is 0 Å². The van der Waals surface area contributed by atoms with Gasteiger partial charge in [-0.15, -0.1) is 0 Å². The number of carbonyl (C=O) groups excluding carboxylic acids is 1. The van der Waals surface area contributed by atoms with Gasteiger partial charge < -0.3 is 14.5 Å². The number of amides is 2. The Morgan fingerprint density at radius 3 is 2.55 bits per heavy atom. The van der Waals surface area contributed by atoms with Gasteiger partial charge in [-0.2, -0.15) is 4.31 Å². The molecule has 8 nitrogen and oxygen atoms in total. The SMILES string of the molecule is O=C(N1CCCC1)N1CC[C@@]2(C1)CN(Cc1ccccn1)S(=O)(=O)c1ccccc1O2. The number of likely N-dealkylation sites (tertiary alicyclic amines) is 2. The van der Waals surface area contributed by atoms with E-state index in [0.717, 1.165) is 25.9 Å². The minimum absolute atomic E-state index is 0.0228. The molecule has 3 aliphatic heterocycles. The summed E-state index contributed by atoms with van der Waals surface area (Å²) in [7, 11) is -3.78. The zero-order chi connectivity index (χ0) is 21.5. The molecule has 1 aromatic carbocycles. The van der Waals surface area contributed by atoms with Gasteiger partial charge in [-0.1, -0.05) is 18.2 Å². The van der Waals surface area contributed by atoms with E-state index in [0.29, 0.717) is 31.0 Å². The van der Waals surface area contributed by atoms with Gasteiger partial charge in [0.25, 0.3) is 0 Å². The lowest BCUT2D eigenvalue weighted by molar-refractivity contribution is 0.0587. The van der Waals surface area contributed by atoms with Gasteiger partial charge >= 0.3 is 6.03 Å². The maximum Gasteiger partial charge on any atom is 0.320 e. The first-order valence-corrected chi connectivity index (χ1v) is 12.1. The maximum absolute atomic E-state index is 13.5. The number of para-hydroxylation sites is 1. The molecule has 164 valence electrons. The van der Waals surface area contributed by atoms with Crippen LogP contribution in [0.15, 0.2) is 53.6 Å². The molecule has 1 aromatic heterocycles. The highest BCUT2D eigenvalue weighted by Crippen LogP contribution is 2.39. The van der Waals surface area contributed by atoms with E-state index >= 15 is 0 Å². The van der Waals surface area contributed by atoms with Crippen LogP contribution in [0.4, 0.5) is 4.79 Å². The van der Waals surface area contributed by atoms with Crippen molar-refractivity contribution in [3.63, 3.8) is 0 Å². The van der Waals surface area contributed by atoms with E-state index in [2.05, 4.69) is 4.98 Å². The van der Waals surface area contributed by atoms with Crippen LogP contribution in [0.5, 0.6) is 5.75 Å². The van der Waals surface area contributed by atoms with Crippen molar-refractivity contribution in [2.24, 2.45) is 0 Å². The van der Waals surface area contributed by atoms with Crippen LogP contribution < -0.4 is 4.74 Å². The highest BCUT2D eigenvalue weighted by molar-refractivity contribution is 7.89. The fourth-order valence-corrected chi connectivity index (χ4v) is 6.30. The smallest absolute Gasteiger partial charge is 0.320 e. The van der Waals surface area contributed by atoms with Crippen LogP contribution in [-0.4, -0.2) is 71.9 Å². The summed E-state index contributed by atoms with van der Waals surface area (Å²) in [5.74, 6) is 0.349. The summed E-state index contributed by atoms with van der Waals surface area (Å²) in [5, 5.41) is 0. The number of pyridine rings is 1. The predicted molar refractivity (Wildman–Crippen MR) is 114 cm³/mol. The molecule has 4 heterocycles. The number of sulfonamides is 1. The van der Waals surface area contributed by atoms with Crippen LogP contribution in [0.1, 0.15) is 25.0 Å². The fourth-order valence-electron chi connectivity index (χ4n) is 4.70. The van der Waals surface area contributed by atoms with Crippen molar-refractivity contribution in [3.8, 4) is 5.75 Å². The summed E-state index contributed by atoms with van der Waals surface area (Å²) in [6, 6.07) is 12.2. The molecule has 0 unspecified atom stereocenters. The largest absolute Gasteiger partial charge is 0.483 e. The Morgan fingerprint density at radius 2 is 1.77 bits per heavy atom. The van der Waals surface area contributed by atoms with Gasteiger partial charge in [0.1, 0.15) is 16.2 Å². The van der Waals surface area contributed by atoms with Gasteiger partial charge in [-0.05, 0) is 37.1 Å². The number of rotatable bonds is 2. The van der Waals surface area contributed by atoms with E-state index in [1.54, 1.807) is 36.5 Å². The van der Waals surface area contributed by atoms with E-state index < -0.39 is 15.6 Å². The van der Waals surface area contributed by atoms with Crippen LogP contribution in [0.2, 0.25) is 0 Å². The Morgan fingerprint density at radius 1 is 1.00 bits per heavy atom. The lowest BCUT2D eigenvalue weighted by atomic mass is 10.0. The second-order valence-electron chi connectivity index (χ2n) is 8.47. The number of nitrogens with zero attached hydrogens (tertiary/aromatic N) is 4. The number of benzene rings is 1. The van der Waals surface area contributed by atoms with Crippen molar-refractivity contribution in [2.45, 2.75) is 36.3 Å². The maximum atomic E-state index is 13.5. The van der Waals surface area contributed by atoms with Crippen molar-refractivity contribution < 1.29 is 17.9 Å². The average Bonchev–Trinajstić information content (AvgIpc) is 3.43. The Kier molecular flexibility index (Phi) is 5.10. The first kappa shape index (κ1) is 20.3. The molecule has 1 spiro atoms. The van der Waals surface area contributed by atoms with Crippen molar-refractivity contribution in [1.29, 1.82) is 0 Å². The molecule has 0 saturated carbocycles. The first-order chi connectivity index (χ1) is 15.0. The molecule has 5 rings (SSSR count). The average molecular weight is 443 g/mol. The van der Waals surface area contributed by atoms with Crippen LogP contribution in [0, 0.1) is 0 Å². The highest BCUT2D eigenvalue weighted by Gasteiger charge is 2.49. The fraction of sp³-hybridized carbons (Fsp3) is 0.455. The van der Waals surface area contributed by atoms with Gasteiger partial charge in [-0.3, -0.25) is 4.98 Å². The van der Waals surface area contributed by atoms with Crippen LogP contribution in [0.25, 0.3) is 0 Å². The van der Waals surface area contributed by atoms with E-state index in [9.17, 15) is 13.2 Å². The van der Waals surface area contributed by atoms with E-state index in [4.69, 9.17) is 4.74 Å². The third-order valence-electron chi connectivity index (χ3n) is 6.29. The molecule has 0 N–H and O–H groups in total. The number of fused-ring (bicyclic) bond motifs is 1. The van der Waals surface area contributed by atoms with Gasteiger partial charge in [-0.25, -0.2) is 13.2 Å². The number of hydrogen-bond donors (Lipinski definition) is 0. The Balaban J connectivity index is 1.48. The second-order valence-corrected chi connectivity index (χ2v) is 10.4. The lowest BCUT2D eigenvalue weighted by Crippen LogP contribution is -2.50. The number of aromatic nitrogens is 1. The number of urea groups is 1. The summed E-state index contributed by atoms with van der Waals surface area (Å²) < 4.78 is 34.9. The molecule has 31 heavy (non-hydrogen) atoms. The minimum atomic E-state index is -3.78. The Bertz CT molecular complexity index is 1070. The van der Waals surface area contributed by atoms with Crippen molar-refractivity contribution in [2.75, 3.05) is 32.7 Å². The van der Waals surface area contributed by atoms with Gasteiger partial charge in [0.2, 0.25) is 10.0 Å². The quantitative estimate of drug-likeness (QED) is 0.713. The van der Waals surface area contributed by atoms with Gasteiger partial charge in [0, 0.05) is 32.3 Å².